The molecule has 2 aliphatic carbocycles. The minimum absolute atomic E-state index is 0.343. The number of ketones is 1. The summed E-state index contributed by atoms with van der Waals surface area (Å²) in [6, 6.07) is 0. The molecule has 2 saturated carbocycles. The number of hydrogen-bond donors (Lipinski definition) is 0. The first-order chi connectivity index (χ1) is 5.74. The van der Waals surface area contributed by atoms with Crippen molar-refractivity contribution in [2.75, 3.05) is 6.61 Å². The van der Waals surface area contributed by atoms with Gasteiger partial charge in [-0.25, -0.2) is 0 Å². The van der Waals surface area contributed by atoms with Gasteiger partial charge in [0.05, 0.1) is 12.7 Å². The Morgan fingerprint density at radius 2 is 2.42 bits per heavy atom. The Hall–Kier alpha value is -0.370. The van der Waals surface area contributed by atoms with Crippen molar-refractivity contribution < 1.29 is 9.53 Å². The molecule has 2 nitrogen and oxygen atoms in total. The second-order valence-corrected chi connectivity index (χ2v) is 4.62. The zero-order valence-corrected chi connectivity index (χ0v) is 7.38. The molecule has 4 atom stereocenters. The summed E-state index contributed by atoms with van der Waals surface area (Å²) in [5, 5.41) is 0. The maximum atomic E-state index is 11.2. The van der Waals surface area contributed by atoms with E-state index in [1.54, 1.807) is 6.92 Å². The zero-order chi connectivity index (χ0) is 8.34. The van der Waals surface area contributed by atoms with Crippen molar-refractivity contribution >= 4 is 5.78 Å². The molecule has 0 N–H and O–H groups in total. The quantitative estimate of drug-likeness (QED) is 0.588. The van der Waals surface area contributed by atoms with Crippen LogP contribution in [0.2, 0.25) is 0 Å². The number of carbonyl (C=O) groups is 1. The summed E-state index contributed by atoms with van der Waals surface area (Å²) in [6.45, 7) is 2.58. The molecule has 3 rings (SSSR count). The van der Waals surface area contributed by atoms with E-state index in [1.165, 1.54) is 12.8 Å². The van der Waals surface area contributed by atoms with E-state index in [0.717, 1.165) is 13.0 Å². The smallest absolute Gasteiger partial charge is 0.133 e. The van der Waals surface area contributed by atoms with Crippen LogP contribution in [0.3, 0.4) is 0 Å². The molecule has 0 aromatic carbocycles. The fourth-order valence-corrected chi connectivity index (χ4v) is 3.41. The summed E-state index contributed by atoms with van der Waals surface area (Å²) in [5.41, 5.74) is 0.482. The van der Waals surface area contributed by atoms with E-state index >= 15 is 0 Å². The lowest BCUT2D eigenvalue weighted by atomic mass is 9.45. The maximum Gasteiger partial charge on any atom is 0.133 e. The van der Waals surface area contributed by atoms with Crippen molar-refractivity contribution in [1.29, 1.82) is 0 Å². The Morgan fingerprint density at radius 3 is 3.00 bits per heavy atom. The Balaban J connectivity index is 1.83. The Kier molecular flexibility index (Phi) is 1.13. The molecule has 1 aliphatic heterocycles. The molecular formula is C10H14O2. The molecule has 0 radical (unpaired) electrons. The first-order valence-electron chi connectivity index (χ1n) is 4.86. The topological polar surface area (TPSA) is 26.3 Å². The molecule has 1 spiro atoms. The third-order valence-corrected chi connectivity index (χ3v) is 4.34. The predicted molar refractivity (Wildman–Crippen MR) is 43.7 cm³/mol. The summed E-state index contributed by atoms with van der Waals surface area (Å²) in [7, 11) is 0. The molecule has 0 bridgehead atoms. The standard InChI is InChI=1S/C10H14O2/c1-6(11)7-4-10-3-2-9(10)12-5-8(7)10/h7-9H,2-5H2,1H3. The van der Waals surface area contributed by atoms with E-state index in [-0.39, 0.29) is 0 Å². The fourth-order valence-electron chi connectivity index (χ4n) is 3.41. The second-order valence-electron chi connectivity index (χ2n) is 4.62. The largest absolute Gasteiger partial charge is 0.377 e. The van der Waals surface area contributed by atoms with Crippen LogP contribution in [-0.4, -0.2) is 18.5 Å². The van der Waals surface area contributed by atoms with Crippen LogP contribution in [0.1, 0.15) is 26.2 Å². The molecule has 3 aliphatic rings. The van der Waals surface area contributed by atoms with E-state index in [9.17, 15) is 4.79 Å². The monoisotopic (exact) mass is 166 g/mol. The van der Waals surface area contributed by atoms with Gasteiger partial charge in [0.25, 0.3) is 0 Å². The number of hydrogen-bond acceptors (Lipinski definition) is 2. The van der Waals surface area contributed by atoms with Crippen LogP contribution in [0.15, 0.2) is 0 Å². The van der Waals surface area contributed by atoms with Gasteiger partial charge in [0.1, 0.15) is 5.78 Å². The number of Topliss-reactive ketones (excluding diaryl/α,β-unsaturated/α-hetero) is 1. The van der Waals surface area contributed by atoms with Gasteiger partial charge in [0.2, 0.25) is 0 Å². The third kappa shape index (κ3) is 0.565. The fraction of sp³-hybridized carbons (Fsp3) is 0.900. The van der Waals surface area contributed by atoms with Crippen LogP contribution < -0.4 is 0 Å². The van der Waals surface area contributed by atoms with Crippen molar-refractivity contribution in [2.45, 2.75) is 32.3 Å². The molecule has 12 heavy (non-hydrogen) atoms. The first kappa shape index (κ1) is 7.07. The second kappa shape index (κ2) is 1.92. The van der Waals surface area contributed by atoms with Gasteiger partial charge in [-0.2, -0.15) is 0 Å². The van der Waals surface area contributed by atoms with E-state index in [0.29, 0.717) is 29.1 Å². The summed E-state index contributed by atoms with van der Waals surface area (Å²) in [4.78, 5) is 11.2. The SMILES string of the molecule is CC(=O)C1CC23CCC2OCC13. The molecule has 4 unspecified atom stereocenters. The lowest BCUT2D eigenvalue weighted by Crippen LogP contribution is -2.58. The number of carbonyl (C=O) groups excluding carboxylic acids is 1. The molecular weight excluding hydrogens is 152 g/mol. The van der Waals surface area contributed by atoms with Gasteiger partial charge in [-0.1, -0.05) is 0 Å². The lowest BCUT2D eigenvalue weighted by Gasteiger charge is -2.57. The van der Waals surface area contributed by atoms with Gasteiger partial charge >= 0.3 is 0 Å². The minimum atomic E-state index is 0.343. The van der Waals surface area contributed by atoms with E-state index in [2.05, 4.69) is 0 Å². The predicted octanol–water partition coefficient (Wildman–Crippen LogP) is 1.39. The minimum Gasteiger partial charge on any atom is -0.377 e. The highest BCUT2D eigenvalue weighted by atomic mass is 16.5. The van der Waals surface area contributed by atoms with Gasteiger partial charge in [0, 0.05) is 17.3 Å². The molecule has 66 valence electrons. The first-order valence-corrected chi connectivity index (χ1v) is 4.86. The van der Waals surface area contributed by atoms with Gasteiger partial charge in [-0.05, 0) is 26.2 Å². The Bertz CT molecular complexity index is 248. The molecule has 0 amide bonds. The summed E-state index contributed by atoms with van der Waals surface area (Å²) in [6.07, 6.45) is 4.20. The van der Waals surface area contributed by atoms with Crippen LogP contribution in [0.4, 0.5) is 0 Å². The van der Waals surface area contributed by atoms with Gasteiger partial charge in [-0.3, -0.25) is 4.79 Å². The van der Waals surface area contributed by atoms with Crippen LogP contribution >= 0.6 is 0 Å². The van der Waals surface area contributed by atoms with Crippen LogP contribution in [0.25, 0.3) is 0 Å². The van der Waals surface area contributed by atoms with Gasteiger partial charge < -0.3 is 4.74 Å². The van der Waals surface area contributed by atoms with Crippen molar-refractivity contribution in [3.05, 3.63) is 0 Å². The van der Waals surface area contributed by atoms with E-state index < -0.39 is 0 Å². The van der Waals surface area contributed by atoms with Crippen LogP contribution in [0.5, 0.6) is 0 Å². The number of rotatable bonds is 1. The average Bonchev–Trinajstić information content (AvgIpc) is 2.07. The Labute approximate surface area is 72.3 Å². The zero-order valence-electron chi connectivity index (χ0n) is 7.38. The molecule has 0 aromatic rings. The average molecular weight is 166 g/mol. The molecule has 0 aromatic heterocycles. The maximum absolute atomic E-state index is 11.2. The highest BCUT2D eigenvalue weighted by molar-refractivity contribution is 5.80. The van der Waals surface area contributed by atoms with Crippen molar-refractivity contribution in [2.24, 2.45) is 17.3 Å². The van der Waals surface area contributed by atoms with E-state index in [4.69, 9.17) is 4.74 Å². The van der Waals surface area contributed by atoms with Crippen LogP contribution in [-0.2, 0) is 9.53 Å². The highest BCUT2D eigenvalue weighted by Crippen LogP contribution is 2.67. The highest BCUT2D eigenvalue weighted by Gasteiger charge is 2.67. The summed E-state index contributed by atoms with van der Waals surface area (Å²) < 4.78 is 5.66. The number of ether oxygens (including phenoxy) is 1. The van der Waals surface area contributed by atoms with Gasteiger partial charge in [0.15, 0.2) is 0 Å². The van der Waals surface area contributed by atoms with Crippen molar-refractivity contribution in [3.8, 4) is 0 Å². The Morgan fingerprint density at radius 1 is 1.58 bits per heavy atom. The molecule has 1 saturated heterocycles. The van der Waals surface area contributed by atoms with Crippen molar-refractivity contribution in [1.82, 2.24) is 0 Å². The summed E-state index contributed by atoms with van der Waals surface area (Å²) in [5.74, 6) is 1.31. The normalized spacial score (nSPS) is 54.9. The van der Waals surface area contributed by atoms with Gasteiger partial charge in [-0.15, -0.1) is 0 Å². The van der Waals surface area contributed by atoms with Crippen molar-refractivity contribution in [3.63, 3.8) is 0 Å². The molecule has 1 heterocycles. The lowest BCUT2D eigenvalue weighted by molar-refractivity contribution is -0.147. The van der Waals surface area contributed by atoms with Crippen LogP contribution in [0, 0.1) is 17.3 Å². The van der Waals surface area contributed by atoms with E-state index in [1.807, 2.05) is 0 Å². The third-order valence-electron chi connectivity index (χ3n) is 4.34. The molecule has 3 fully saturated rings. The summed E-state index contributed by atoms with van der Waals surface area (Å²) >= 11 is 0. The molecule has 2 heteroatoms.